The fourth-order valence-corrected chi connectivity index (χ4v) is 5.40. The summed E-state index contributed by atoms with van der Waals surface area (Å²) in [7, 11) is 0. The van der Waals surface area contributed by atoms with Gasteiger partial charge in [-0.05, 0) is 0 Å². The molecule has 1 aliphatic carbocycles. The van der Waals surface area contributed by atoms with E-state index in [1.54, 1.807) is 0 Å². The van der Waals surface area contributed by atoms with Gasteiger partial charge in [-0.2, -0.15) is 0 Å². The van der Waals surface area contributed by atoms with Gasteiger partial charge in [-0.3, -0.25) is 0 Å². The van der Waals surface area contributed by atoms with Gasteiger partial charge in [0.05, 0.1) is 0 Å². The van der Waals surface area contributed by atoms with Crippen LogP contribution in [-0.2, 0) is 9.53 Å². The first kappa shape index (κ1) is 15.4. The van der Waals surface area contributed by atoms with Gasteiger partial charge in [0, 0.05) is 0 Å². The van der Waals surface area contributed by atoms with Crippen LogP contribution in [0.5, 0.6) is 0 Å². The second-order valence-electron chi connectivity index (χ2n) is 5.99. The number of benzene rings is 2. The van der Waals surface area contributed by atoms with Crippen molar-refractivity contribution in [1.29, 1.82) is 0 Å². The molecule has 0 bridgehead atoms. The number of cyclic esters (lactones) is 1. The van der Waals surface area contributed by atoms with Crippen molar-refractivity contribution < 1.29 is 9.53 Å². The van der Waals surface area contributed by atoms with Crippen LogP contribution in [0.1, 0.15) is 31.2 Å². The second-order valence-corrected chi connectivity index (χ2v) is 8.27. The van der Waals surface area contributed by atoms with Crippen molar-refractivity contribution in [2.75, 3.05) is 0 Å². The van der Waals surface area contributed by atoms with Gasteiger partial charge in [0.2, 0.25) is 0 Å². The van der Waals surface area contributed by atoms with Crippen LogP contribution in [0.15, 0.2) is 77.6 Å². The molecule has 24 heavy (non-hydrogen) atoms. The van der Waals surface area contributed by atoms with E-state index in [1.165, 1.54) is 8.93 Å². The van der Waals surface area contributed by atoms with E-state index in [0.29, 0.717) is 0 Å². The van der Waals surface area contributed by atoms with Crippen molar-refractivity contribution in [2.24, 2.45) is 0 Å². The van der Waals surface area contributed by atoms with Crippen molar-refractivity contribution >= 4 is 29.9 Å². The predicted molar refractivity (Wildman–Crippen MR) is 96.8 cm³/mol. The molecule has 2 aliphatic rings. The Bertz CT molecular complexity index is 819. The number of hydrogen-bond acceptors (Lipinski definition) is 2. The van der Waals surface area contributed by atoms with E-state index in [0.717, 1.165) is 48.2 Å². The molecule has 2 aromatic rings. The minimum absolute atomic E-state index is 0.0954. The Kier molecular flexibility index (Phi) is 4.37. The van der Waals surface area contributed by atoms with Crippen LogP contribution in [-0.4, -0.2) is 20.9 Å². The van der Waals surface area contributed by atoms with Gasteiger partial charge in [0.15, 0.2) is 0 Å². The van der Waals surface area contributed by atoms with Crippen LogP contribution in [0.4, 0.5) is 0 Å². The Morgan fingerprint density at radius 3 is 2.17 bits per heavy atom. The van der Waals surface area contributed by atoms with E-state index in [9.17, 15) is 4.79 Å². The van der Waals surface area contributed by atoms with Crippen LogP contribution in [0.3, 0.4) is 0 Å². The van der Waals surface area contributed by atoms with Gasteiger partial charge in [-0.15, -0.1) is 0 Å². The molecular formula is C21H18O2Se. The van der Waals surface area contributed by atoms with Crippen LogP contribution in [0.2, 0.25) is 0 Å². The van der Waals surface area contributed by atoms with Crippen molar-refractivity contribution in [2.45, 2.75) is 25.7 Å². The first-order valence-corrected chi connectivity index (χ1v) is 10.0. The van der Waals surface area contributed by atoms with Gasteiger partial charge in [-0.1, -0.05) is 0 Å². The zero-order valence-electron chi connectivity index (χ0n) is 13.3. The van der Waals surface area contributed by atoms with E-state index in [-0.39, 0.29) is 20.9 Å². The summed E-state index contributed by atoms with van der Waals surface area (Å²) >= 11 is 0.0954. The molecule has 0 radical (unpaired) electrons. The van der Waals surface area contributed by atoms with Gasteiger partial charge in [0.1, 0.15) is 0 Å². The third-order valence-corrected chi connectivity index (χ3v) is 6.77. The number of esters is 1. The number of carbonyl (C=O) groups excluding carboxylic acids is 1. The van der Waals surface area contributed by atoms with E-state index >= 15 is 0 Å². The fourth-order valence-electron chi connectivity index (χ4n) is 3.21. The zero-order chi connectivity index (χ0) is 16.4. The average molecular weight is 381 g/mol. The SMILES string of the molecule is O=C1O/C(=C(\[Se]c2ccccc2)c2ccccc2)C2=C1CCCC2. The summed E-state index contributed by atoms with van der Waals surface area (Å²) in [5.41, 5.74) is 3.22. The van der Waals surface area contributed by atoms with Crippen LogP contribution < -0.4 is 4.46 Å². The molecule has 3 heteroatoms. The molecule has 0 amide bonds. The molecule has 0 N–H and O–H groups in total. The quantitative estimate of drug-likeness (QED) is 0.597. The van der Waals surface area contributed by atoms with E-state index in [1.807, 2.05) is 24.3 Å². The average Bonchev–Trinajstić information content (AvgIpc) is 2.98. The van der Waals surface area contributed by atoms with Crippen molar-refractivity contribution in [3.63, 3.8) is 0 Å². The molecule has 0 fully saturated rings. The summed E-state index contributed by atoms with van der Waals surface area (Å²) in [6, 6.07) is 20.8. The summed E-state index contributed by atoms with van der Waals surface area (Å²) in [6.07, 6.45) is 4.04. The van der Waals surface area contributed by atoms with E-state index < -0.39 is 0 Å². The topological polar surface area (TPSA) is 26.3 Å². The Balaban J connectivity index is 1.84. The summed E-state index contributed by atoms with van der Waals surface area (Å²) in [5.74, 6) is 0.710. The zero-order valence-corrected chi connectivity index (χ0v) is 15.0. The third kappa shape index (κ3) is 2.98. The Labute approximate surface area is 148 Å². The van der Waals surface area contributed by atoms with Crippen molar-refractivity contribution in [3.8, 4) is 0 Å². The van der Waals surface area contributed by atoms with Gasteiger partial charge >= 0.3 is 148 Å². The first-order valence-electron chi connectivity index (χ1n) is 8.30. The number of rotatable bonds is 3. The summed E-state index contributed by atoms with van der Waals surface area (Å²) in [6.45, 7) is 0. The van der Waals surface area contributed by atoms with Gasteiger partial charge in [0.25, 0.3) is 0 Å². The number of carbonyl (C=O) groups is 1. The molecule has 0 spiro atoms. The fraction of sp³-hybridized carbons (Fsp3) is 0.190. The number of allylic oxidation sites excluding steroid dienone is 1. The molecule has 1 heterocycles. The molecule has 1 aliphatic heterocycles. The third-order valence-electron chi connectivity index (χ3n) is 4.39. The monoisotopic (exact) mass is 382 g/mol. The summed E-state index contributed by atoms with van der Waals surface area (Å²) in [4.78, 5) is 12.3. The molecule has 0 saturated carbocycles. The maximum atomic E-state index is 12.3. The molecule has 2 aromatic carbocycles. The molecule has 0 atom stereocenters. The summed E-state index contributed by atoms with van der Waals surface area (Å²) in [5, 5.41) is 0. The van der Waals surface area contributed by atoms with Gasteiger partial charge in [-0.25, -0.2) is 0 Å². The molecular weight excluding hydrogens is 363 g/mol. The van der Waals surface area contributed by atoms with Crippen molar-refractivity contribution in [3.05, 3.63) is 83.1 Å². The number of hydrogen-bond donors (Lipinski definition) is 0. The van der Waals surface area contributed by atoms with Crippen molar-refractivity contribution in [1.82, 2.24) is 0 Å². The molecule has 0 unspecified atom stereocenters. The summed E-state index contributed by atoms with van der Waals surface area (Å²) < 4.78 is 8.24. The second kappa shape index (κ2) is 6.80. The van der Waals surface area contributed by atoms with Crippen LogP contribution in [0, 0.1) is 0 Å². The van der Waals surface area contributed by atoms with Crippen LogP contribution in [0.25, 0.3) is 4.47 Å². The molecule has 2 nitrogen and oxygen atoms in total. The molecule has 120 valence electrons. The normalized spacial score (nSPS) is 19.1. The molecule has 0 saturated heterocycles. The van der Waals surface area contributed by atoms with Crippen LogP contribution >= 0.6 is 0 Å². The van der Waals surface area contributed by atoms with Gasteiger partial charge < -0.3 is 0 Å². The van der Waals surface area contributed by atoms with E-state index in [4.69, 9.17) is 4.74 Å². The number of ether oxygens (including phenoxy) is 1. The minimum atomic E-state index is -0.128. The first-order chi connectivity index (χ1) is 11.8. The Morgan fingerprint density at radius 1 is 0.833 bits per heavy atom. The Hall–Kier alpha value is -2.09. The molecule has 4 rings (SSSR count). The predicted octanol–water partition coefficient (Wildman–Crippen LogP) is 3.81. The molecule has 0 aromatic heterocycles. The Morgan fingerprint density at radius 2 is 1.46 bits per heavy atom. The maximum absolute atomic E-state index is 12.3. The van der Waals surface area contributed by atoms with E-state index in [2.05, 4.69) is 36.4 Å². The standard InChI is InChI=1S/C21H18O2Se/c22-21-18-14-8-7-13-17(18)19(23-21)20(15-9-3-1-4-10-15)24-16-11-5-2-6-12-16/h1-6,9-12H,7-8,13-14H2/b20-19-.